The largest absolute Gasteiger partial charge is 0.293 e. The van der Waals surface area contributed by atoms with Gasteiger partial charge in [0.15, 0.2) is 5.71 Å². The van der Waals surface area contributed by atoms with E-state index in [0.29, 0.717) is 16.5 Å². The fraction of sp³-hybridized carbons (Fsp3) is 0. The standard InChI is InChI=1S/C13H7NO2/c14-11-12(15)8-5-1-3-7-4-2-6-9(10(7)8)13(11)16/h1-6,14H. The minimum atomic E-state index is -0.478. The first kappa shape index (κ1) is 8.97. The number of carbonyl (C=O) groups excluding carboxylic acids is 2. The molecule has 16 heavy (non-hydrogen) atoms. The molecule has 0 saturated heterocycles. The molecule has 0 heterocycles. The Morgan fingerprint density at radius 1 is 0.812 bits per heavy atom. The molecular weight excluding hydrogens is 202 g/mol. The van der Waals surface area contributed by atoms with E-state index in [1.54, 1.807) is 24.3 Å². The predicted molar refractivity (Wildman–Crippen MR) is 60.3 cm³/mol. The monoisotopic (exact) mass is 209 g/mol. The van der Waals surface area contributed by atoms with Crippen LogP contribution in [0.4, 0.5) is 0 Å². The van der Waals surface area contributed by atoms with Crippen LogP contribution in [-0.2, 0) is 0 Å². The Morgan fingerprint density at radius 3 is 1.81 bits per heavy atom. The molecule has 0 unspecified atom stereocenters. The lowest BCUT2D eigenvalue weighted by Gasteiger charge is -2.15. The molecule has 0 saturated carbocycles. The number of rotatable bonds is 0. The third-order valence-electron chi connectivity index (χ3n) is 2.85. The topological polar surface area (TPSA) is 58.0 Å². The van der Waals surface area contributed by atoms with Gasteiger partial charge in [0.25, 0.3) is 0 Å². The Balaban J connectivity index is 2.57. The van der Waals surface area contributed by atoms with E-state index >= 15 is 0 Å². The summed E-state index contributed by atoms with van der Waals surface area (Å²) in [7, 11) is 0. The first-order chi connectivity index (χ1) is 7.70. The van der Waals surface area contributed by atoms with Gasteiger partial charge in [0.1, 0.15) is 0 Å². The van der Waals surface area contributed by atoms with Crippen LogP contribution in [0.25, 0.3) is 10.8 Å². The van der Waals surface area contributed by atoms with Gasteiger partial charge in [-0.05, 0) is 5.39 Å². The molecule has 1 aliphatic rings. The molecule has 3 heteroatoms. The normalized spacial score (nSPS) is 14.6. The van der Waals surface area contributed by atoms with E-state index in [4.69, 9.17) is 5.41 Å². The third kappa shape index (κ3) is 0.945. The Labute approximate surface area is 91.2 Å². The van der Waals surface area contributed by atoms with E-state index < -0.39 is 17.3 Å². The molecule has 3 rings (SSSR count). The van der Waals surface area contributed by atoms with Gasteiger partial charge in [-0.15, -0.1) is 0 Å². The summed E-state index contributed by atoms with van der Waals surface area (Å²) < 4.78 is 0. The van der Waals surface area contributed by atoms with Crippen LogP contribution >= 0.6 is 0 Å². The second kappa shape index (κ2) is 2.85. The minimum absolute atomic E-state index is 0.439. The number of nitrogens with one attached hydrogen (secondary N) is 1. The molecule has 0 aliphatic heterocycles. The molecule has 76 valence electrons. The van der Waals surface area contributed by atoms with Crippen molar-refractivity contribution in [2.75, 3.05) is 0 Å². The van der Waals surface area contributed by atoms with E-state index in [1.807, 2.05) is 12.1 Å². The van der Waals surface area contributed by atoms with E-state index in [-0.39, 0.29) is 0 Å². The Morgan fingerprint density at radius 2 is 1.31 bits per heavy atom. The fourth-order valence-corrected chi connectivity index (χ4v) is 2.09. The van der Waals surface area contributed by atoms with Crippen LogP contribution in [0, 0.1) is 5.41 Å². The van der Waals surface area contributed by atoms with Crippen LogP contribution in [-0.4, -0.2) is 17.3 Å². The molecule has 0 amide bonds. The maximum absolute atomic E-state index is 11.8. The fourth-order valence-electron chi connectivity index (χ4n) is 2.09. The molecule has 1 aliphatic carbocycles. The summed E-state index contributed by atoms with van der Waals surface area (Å²) in [5, 5.41) is 9.04. The SMILES string of the molecule is N=C1C(=O)c2cccc3cccc(c23)C1=O. The van der Waals surface area contributed by atoms with Crippen LogP contribution in [0.2, 0.25) is 0 Å². The molecule has 0 fully saturated rings. The lowest BCUT2D eigenvalue weighted by atomic mass is 9.86. The average molecular weight is 209 g/mol. The second-order valence-corrected chi connectivity index (χ2v) is 3.74. The summed E-state index contributed by atoms with van der Waals surface area (Å²) in [5.74, 6) is -0.955. The Hall–Kier alpha value is -2.29. The van der Waals surface area contributed by atoms with Crippen LogP contribution in [0.1, 0.15) is 20.7 Å². The molecule has 0 radical (unpaired) electrons. The molecule has 2 aromatic carbocycles. The van der Waals surface area contributed by atoms with Crippen molar-refractivity contribution in [3.05, 3.63) is 47.5 Å². The average Bonchev–Trinajstić information content (AvgIpc) is 2.33. The van der Waals surface area contributed by atoms with Crippen LogP contribution in [0.5, 0.6) is 0 Å². The lowest BCUT2D eigenvalue weighted by Crippen LogP contribution is -2.28. The summed E-state index contributed by atoms with van der Waals surface area (Å²) in [6.45, 7) is 0. The van der Waals surface area contributed by atoms with Crippen molar-refractivity contribution in [2.45, 2.75) is 0 Å². The van der Waals surface area contributed by atoms with Gasteiger partial charge in [0, 0.05) is 16.5 Å². The molecule has 2 aromatic rings. The van der Waals surface area contributed by atoms with Crippen molar-refractivity contribution in [1.82, 2.24) is 0 Å². The van der Waals surface area contributed by atoms with Crippen molar-refractivity contribution in [3.63, 3.8) is 0 Å². The van der Waals surface area contributed by atoms with Crippen molar-refractivity contribution in [3.8, 4) is 0 Å². The summed E-state index contributed by atoms with van der Waals surface area (Å²) in [6.07, 6.45) is 0. The minimum Gasteiger partial charge on any atom is -0.293 e. The van der Waals surface area contributed by atoms with Crippen molar-refractivity contribution < 1.29 is 9.59 Å². The smallest absolute Gasteiger partial charge is 0.215 e. The number of hydrogen-bond donors (Lipinski definition) is 1. The zero-order valence-electron chi connectivity index (χ0n) is 8.28. The molecule has 0 atom stereocenters. The maximum atomic E-state index is 11.8. The second-order valence-electron chi connectivity index (χ2n) is 3.74. The van der Waals surface area contributed by atoms with E-state index in [9.17, 15) is 9.59 Å². The van der Waals surface area contributed by atoms with Crippen molar-refractivity contribution in [2.24, 2.45) is 0 Å². The highest BCUT2D eigenvalue weighted by molar-refractivity contribution is 6.74. The number of benzene rings is 2. The molecule has 0 aromatic heterocycles. The number of ketones is 2. The molecule has 0 spiro atoms. The summed E-state index contributed by atoms with van der Waals surface area (Å²) in [5.41, 5.74) is 0.474. The van der Waals surface area contributed by atoms with Gasteiger partial charge in [-0.25, -0.2) is 0 Å². The van der Waals surface area contributed by atoms with Gasteiger partial charge in [0.2, 0.25) is 11.6 Å². The highest BCUT2D eigenvalue weighted by atomic mass is 16.2. The molecule has 3 nitrogen and oxygen atoms in total. The van der Waals surface area contributed by atoms with Crippen LogP contribution in [0.15, 0.2) is 36.4 Å². The van der Waals surface area contributed by atoms with Crippen molar-refractivity contribution >= 4 is 28.1 Å². The first-order valence-corrected chi connectivity index (χ1v) is 4.90. The molecule has 0 bridgehead atoms. The summed E-state index contributed by atoms with van der Waals surface area (Å²) in [4.78, 5) is 23.5. The Kier molecular flexibility index (Phi) is 1.60. The number of Topliss-reactive ketones (excluding diaryl/α,β-unsaturated/α-hetero) is 2. The van der Waals surface area contributed by atoms with Gasteiger partial charge < -0.3 is 0 Å². The Bertz CT molecular complexity index is 618. The van der Waals surface area contributed by atoms with E-state index in [2.05, 4.69) is 0 Å². The zero-order chi connectivity index (χ0) is 11.3. The molecule has 1 N–H and O–H groups in total. The molecular formula is C13H7NO2. The van der Waals surface area contributed by atoms with Crippen LogP contribution < -0.4 is 0 Å². The first-order valence-electron chi connectivity index (χ1n) is 4.90. The highest BCUT2D eigenvalue weighted by Gasteiger charge is 2.30. The van der Waals surface area contributed by atoms with Gasteiger partial charge in [-0.2, -0.15) is 0 Å². The quantitative estimate of drug-likeness (QED) is 0.723. The van der Waals surface area contributed by atoms with Gasteiger partial charge in [-0.3, -0.25) is 15.0 Å². The maximum Gasteiger partial charge on any atom is 0.215 e. The van der Waals surface area contributed by atoms with E-state index in [1.165, 1.54) is 0 Å². The third-order valence-corrected chi connectivity index (χ3v) is 2.85. The zero-order valence-corrected chi connectivity index (χ0v) is 8.28. The predicted octanol–water partition coefficient (Wildman–Crippen LogP) is 2.24. The van der Waals surface area contributed by atoms with E-state index in [0.717, 1.165) is 5.39 Å². The highest BCUT2D eigenvalue weighted by Crippen LogP contribution is 2.28. The summed E-state index contributed by atoms with van der Waals surface area (Å²) >= 11 is 0. The van der Waals surface area contributed by atoms with Crippen molar-refractivity contribution in [1.29, 1.82) is 5.41 Å². The number of carbonyl (C=O) groups is 2. The number of hydrogen-bond acceptors (Lipinski definition) is 3. The van der Waals surface area contributed by atoms with Gasteiger partial charge >= 0.3 is 0 Å². The summed E-state index contributed by atoms with van der Waals surface area (Å²) in [6, 6.07) is 10.6. The van der Waals surface area contributed by atoms with Crippen LogP contribution in [0.3, 0.4) is 0 Å². The lowest BCUT2D eigenvalue weighted by molar-refractivity contribution is 0.101. The van der Waals surface area contributed by atoms with Gasteiger partial charge in [0.05, 0.1) is 0 Å². The van der Waals surface area contributed by atoms with Gasteiger partial charge in [-0.1, -0.05) is 36.4 Å².